The molecule has 0 bridgehead atoms. The summed E-state index contributed by atoms with van der Waals surface area (Å²) in [6, 6.07) is 0. The Bertz CT molecular complexity index is 287. The van der Waals surface area contributed by atoms with Crippen LogP contribution < -0.4 is 0 Å². The second-order valence-corrected chi connectivity index (χ2v) is 4.81. The molecule has 0 aromatic carbocycles. The summed E-state index contributed by atoms with van der Waals surface area (Å²) in [4.78, 5) is 25.1. The summed E-state index contributed by atoms with van der Waals surface area (Å²) in [5.41, 5.74) is 0. The molecular weight excluding hydrogens is 246 g/mol. The van der Waals surface area contributed by atoms with Gasteiger partial charge in [0.1, 0.15) is 5.78 Å². The average molecular weight is 271 g/mol. The number of carbonyl (C=O) groups is 2. The van der Waals surface area contributed by atoms with Crippen molar-refractivity contribution in [3.05, 3.63) is 0 Å². The highest BCUT2D eigenvalue weighted by molar-refractivity contribution is 5.84. The van der Waals surface area contributed by atoms with E-state index in [2.05, 4.69) is 4.90 Å². The first-order valence-electron chi connectivity index (χ1n) is 7.17. The Labute approximate surface area is 115 Å². The largest absolute Gasteiger partial charge is 0.466 e. The molecule has 5 heteroatoms. The summed E-state index contributed by atoms with van der Waals surface area (Å²) in [6.07, 6.45) is 2.90. The molecule has 110 valence electrons. The lowest BCUT2D eigenvalue weighted by molar-refractivity contribution is -0.144. The van der Waals surface area contributed by atoms with Gasteiger partial charge in [0.2, 0.25) is 0 Å². The van der Waals surface area contributed by atoms with Gasteiger partial charge in [-0.25, -0.2) is 0 Å². The third-order valence-electron chi connectivity index (χ3n) is 3.25. The quantitative estimate of drug-likeness (QED) is 0.593. The van der Waals surface area contributed by atoms with Crippen molar-refractivity contribution in [2.75, 3.05) is 32.8 Å². The van der Waals surface area contributed by atoms with Crippen LogP contribution in [0, 0.1) is 0 Å². The maximum Gasteiger partial charge on any atom is 0.306 e. The fourth-order valence-corrected chi connectivity index (χ4v) is 2.18. The van der Waals surface area contributed by atoms with Crippen molar-refractivity contribution in [3.63, 3.8) is 0 Å². The van der Waals surface area contributed by atoms with Crippen LogP contribution in [0.4, 0.5) is 0 Å². The molecule has 1 atom stereocenters. The molecule has 1 heterocycles. The number of rotatable bonds is 9. The number of hydrogen-bond acceptors (Lipinski definition) is 5. The van der Waals surface area contributed by atoms with E-state index in [1.165, 1.54) is 0 Å². The van der Waals surface area contributed by atoms with Crippen LogP contribution in [0.2, 0.25) is 0 Å². The van der Waals surface area contributed by atoms with E-state index in [0.717, 1.165) is 32.5 Å². The third kappa shape index (κ3) is 6.68. The van der Waals surface area contributed by atoms with E-state index in [1.807, 2.05) is 6.92 Å². The van der Waals surface area contributed by atoms with Crippen molar-refractivity contribution in [2.45, 2.75) is 45.6 Å². The van der Waals surface area contributed by atoms with Gasteiger partial charge >= 0.3 is 5.97 Å². The first-order chi connectivity index (χ1) is 9.15. The molecule has 0 amide bonds. The molecule has 1 rings (SSSR count). The van der Waals surface area contributed by atoms with Crippen LogP contribution in [0.5, 0.6) is 0 Å². The molecule has 0 aromatic rings. The van der Waals surface area contributed by atoms with Gasteiger partial charge in [-0.1, -0.05) is 6.92 Å². The van der Waals surface area contributed by atoms with Crippen LogP contribution in [0.3, 0.4) is 0 Å². The summed E-state index contributed by atoms with van der Waals surface area (Å²) >= 11 is 0. The average Bonchev–Trinajstić information content (AvgIpc) is 2.89. The predicted molar refractivity (Wildman–Crippen MR) is 72.0 cm³/mol. The molecule has 0 N–H and O–H groups in total. The minimum absolute atomic E-state index is 0.0906. The maximum atomic E-state index is 11.8. The summed E-state index contributed by atoms with van der Waals surface area (Å²) in [5, 5.41) is 0. The smallest absolute Gasteiger partial charge is 0.306 e. The zero-order valence-corrected chi connectivity index (χ0v) is 12.0. The van der Waals surface area contributed by atoms with E-state index < -0.39 is 0 Å². The van der Waals surface area contributed by atoms with Gasteiger partial charge in [-0.05, 0) is 26.3 Å². The van der Waals surface area contributed by atoms with Gasteiger partial charge in [0.15, 0.2) is 0 Å². The van der Waals surface area contributed by atoms with Crippen molar-refractivity contribution in [2.24, 2.45) is 0 Å². The first-order valence-corrected chi connectivity index (χ1v) is 7.17. The highest BCUT2D eigenvalue weighted by Crippen LogP contribution is 2.13. The molecule has 1 aliphatic heterocycles. The number of ketones is 1. The SMILES string of the molecule is CCOC(=O)CCC(=O)CN(CC)CC1CCCO1. The molecule has 1 unspecified atom stereocenters. The Morgan fingerprint density at radius 1 is 1.32 bits per heavy atom. The normalized spacial score (nSPS) is 18.8. The molecule has 19 heavy (non-hydrogen) atoms. The molecule has 5 nitrogen and oxygen atoms in total. The fourth-order valence-electron chi connectivity index (χ4n) is 2.18. The van der Waals surface area contributed by atoms with Gasteiger partial charge in [-0.15, -0.1) is 0 Å². The number of hydrogen-bond donors (Lipinski definition) is 0. The summed E-state index contributed by atoms with van der Waals surface area (Å²) in [7, 11) is 0. The maximum absolute atomic E-state index is 11.8. The molecule has 0 spiro atoms. The Kier molecular flexibility index (Phi) is 7.67. The Morgan fingerprint density at radius 3 is 2.68 bits per heavy atom. The van der Waals surface area contributed by atoms with E-state index in [-0.39, 0.29) is 30.7 Å². The predicted octanol–water partition coefficient (Wildman–Crippen LogP) is 1.40. The minimum atomic E-state index is -0.293. The van der Waals surface area contributed by atoms with E-state index >= 15 is 0 Å². The van der Waals surface area contributed by atoms with Gasteiger partial charge in [0, 0.05) is 19.6 Å². The lowest BCUT2D eigenvalue weighted by atomic mass is 10.2. The second-order valence-electron chi connectivity index (χ2n) is 4.81. The third-order valence-corrected chi connectivity index (χ3v) is 3.25. The summed E-state index contributed by atoms with van der Waals surface area (Å²) in [5.74, 6) is -0.203. The first kappa shape index (κ1) is 16.1. The van der Waals surface area contributed by atoms with Crippen LogP contribution in [0.25, 0.3) is 0 Å². The highest BCUT2D eigenvalue weighted by atomic mass is 16.5. The lowest BCUT2D eigenvalue weighted by Gasteiger charge is -2.22. The Balaban J connectivity index is 2.22. The number of ether oxygens (including phenoxy) is 2. The zero-order chi connectivity index (χ0) is 14.1. The number of Topliss-reactive ketones (excluding diaryl/α,β-unsaturated/α-hetero) is 1. The summed E-state index contributed by atoms with van der Waals surface area (Å²) < 4.78 is 10.4. The van der Waals surface area contributed by atoms with E-state index in [9.17, 15) is 9.59 Å². The standard InChI is InChI=1S/C14H25NO4/c1-3-15(11-13-6-5-9-19-13)10-12(16)7-8-14(17)18-4-2/h13H,3-11H2,1-2H3. The van der Waals surface area contributed by atoms with E-state index in [4.69, 9.17) is 9.47 Å². The zero-order valence-electron chi connectivity index (χ0n) is 12.0. The molecule has 0 saturated carbocycles. The Morgan fingerprint density at radius 2 is 2.11 bits per heavy atom. The van der Waals surface area contributed by atoms with Gasteiger partial charge in [0.25, 0.3) is 0 Å². The molecule has 1 aliphatic rings. The topological polar surface area (TPSA) is 55.8 Å². The number of nitrogens with zero attached hydrogens (tertiary/aromatic N) is 1. The fraction of sp³-hybridized carbons (Fsp3) is 0.857. The molecule has 0 radical (unpaired) electrons. The summed E-state index contributed by atoms with van der Waals surface area (Å²) in [6.45, 7) is 7.03. The van der Waals surface area contributed by atoms with Gasteiger partial charge < -0.3 is 9.47 Å². The van der Waals surface area contributed by atoms with Gasteiger partial charge in [0.05, 0.1) is 25.7 Å². The van der Waals surface area contributed by atoms with Crippen LogP contribution in [-0.4, -0.2) is 55.6 Å². The van der Waals surface area contributed by atoms with Crippen molar-refractivity contribution in [1.29, 1.82) is 0 Å². The molecule has 1 fully saturated rings. The van der Waals surface area contributed by atoms with E-state index in [1.54, 1.807) is 6.92 Å². The molecule has 1 saturated heterocycles. The van der Waals surface area contributed by atoms with Crippen molar-refractivity contribution in [1.82, 2.24) is 4.90 Å². The number of likely N-dealkylation sites (N-methyl/N-ethyl adjacent to an activating group) is 1. The van der Waals surface area contributed by atoms with Crippen LogP contribution >= 0.6 is 0 Å². The van der Waals surface area contributed by atoms with Crippen molar-refractivity contribution in [3.8, 4) is 0 Å². The second kappa shape index (κ2) is 9.04. The van der Waals surface area contributed by atoms with Crippen molar-refractivity contribution >= 4 is 11.8 Å². The number of carbonyl (C=O) groups excluding carboxylic acids is 2. The molecule has 0 aromatic heterocycles. The van der Waals surface area contributed by atoms with Gasteiger partial charge in [-0.2, -0.15) is 0 Å². The lowest BCUT2D eigenvalue weighted by Crippen LogP contribution is -2.36. The minimum Gasteiger partial charge on any atom is -0.466 e. The number of esters is 1. The van der Waals surface area contributed by atoms with Crippen LogP contribution in [0.1, 0.15) is 39.5 Å². The van der Waals surface area contributed by atoms with Crippen LogP contribution in [0.15, 0.2) is 0 Å². The van der Waals surface area contributed by atoms with Crippen LogP contribution in [-0.2, 0) is 19.1 Å². The van der Waals surface area contributed by atoms with Crippen molar-refractivity contribution < 1.29 is 19.1 Å². The highest BCUT2D eigenvalue weighted by Gasteiger charge is 2.20. The molecule has 0 aliphatic carbocycles. The molecular formula is C14H25NO4. The van der Waals surface area contributed by atoms with Gasteiger partial charge in [-0.3, -0.25) is 14.5 Å². The Hall–Kier alpha value is -0.940. The monoisotopic (exact) mass is 271 g/mol. The van der Waals surface area contributed by atoms with E-state index in [0.29, 0.717) is 13.2 Å².